The average molecular weight is 314 g/mol. The van der Waals surface area contributed by atoms with Crippen molar-refractivity contribution in [3.8, 4) is 0 Å². The summed E-state index contributed by atoms with van der Waals surface area (Å²) in [5, 5.41) is 10.3. The number of carbonyl (C=O) groups is 2. The van der Waals surface area contributed by atoms with Gasteiger partial charge < -0.3 is 15.0 Å². The number of nitrogens with zero attached hydrogens (tertiary/aromatic N) is 1. The number of likely N-dealkylation sites (tertiary alicyclic amines) is 1. The van der Waals surface area contributed by atoms with Crippen LogP contribution in [0, 0.1) is 19.8 Å². The molecule has 2 unspecified atom stereocenters. The van der Waals surface area contributed by atoms with Gasteiger partial charge in [-0.1, -0.05) is 6.07 Å². The molecule has 2 aromatic rings. The summed E-state index contributed by atoms with van der Waals surface area (Å²) < 4.78 is 0. The van der Waals surface area contributed by atoms with Crippen LogP contribution in [0.15, 0.2) is 18.2 Å². The molecule has 1 saturated heterocycles. The Balaban J connectivity index is 1.93. The first-order valence-electron chi connectivity index (χ1n) is 8.01. The third-order valence-electron chi connectivity index (χ3n) is 5.07. The number of aryl methyl sites for hydroxylation is 2. The van der Waals surface area contributed by atoms with E-state index in [0.717, 1.165) is 22.9 Å². The molecular formula is C18H22N2O3. The summed E-state index contributed by atoms with van der Waals surface area (Å²) in [5.41, 5.74) is 3.82. The van der Waals surface area contributed by atoms with E-state index in [1.54, 1.807) is 4.90 Å². The summed E-state index contributed by atoms with van der Waals surface area (Å²) in [6, 6.07) is 5.96. The van der Waals surface area contributed by atoms with Crippen LogP contribution in [0.4, 0.5) is 0 Å². The topological polar surface area (TPSA) is 73.4 Å². The van der Waals surface area contributed by atoms with Crippen molar-refractivity contribution in [1.29, 1.82) is 0 Å². The minimum atomic E-state index is -0.821. The lowest BCUT2D eigenvalue weighted by atomic mass is 9.93. The Kier molecular flexibility index (Phi) is 3.88. The summed E-state index contributed by atoms with van der Waals surface area (Å²) in [4.78, 5) is 29.0. The van der Waals surface area contributed by atoms with Gasteiger partial charge in [0.05, 0.1) is 5.92 Å². The van der Waals surface area contributed by atoms with Gasteiger partial charge in [0.15, 0.2) is 0 Å². The fourth-order valence-corrected chi connectivity index (χ4v) is 3.32. The second-order valence-corrected chi connectivity index (χ2v) is 6.57. The first kappa shape index (κ1) is 15.6. The van der Waals surface area contributed by atoms with E-state index in [4.69, 9.17) is 0 Å². The predicted octanol–water partition coefficient (Wildman–Crippen LogP) is 3.11. The number of carboxylic acids is 1. The van der Waals surface area contributed by atoms with Gasteiger partial charge in [0.25, 0.3) is 5.91 Å². The maximum Gasteiger partial charge on any atom is 0.308 e. The van der Waals surface area contributed by atoms with Crippen molar-refractivity contribution in [3.63, 3.8) is 0 Å². The minimum absolute atomic E-state index is 0.0624. The van der Waals surface area contributed by atoms with Crippen LogP contribution >= 0.6 is 0 Å². The van der Waals surface area contributed by atoms with E-state index < -0.39 is 11.9 Å². The standard InChI is InChI=1S/C18H22N2O3/c1-10-4-7-15-14(12(10)3)8-16(19-15)17(21)20-9-13(18(22)23)6-5-11(20)2/h4,7-8,11,13,19H,5-6,9H2,1-3H3,(H,22,23). The number of aromatic nitrogens is 1. The lowest BCUT2D eigenvalue weighted by Crippen LogP contribution is -2.47. The molecule has 1 aliphatic heterocycles. The second-order valence-electron chi connectivity index (χ2n) is 6.57. The predicted molar refractivity (Wildman–Crippen MR) is 88.6 cm³/mol. The highest BCUT2D eigenvalue weighted by molar-refractivity contribution is 5.99. The lowest BCUT2D eigenvalue weighted by molar-refractivity contribution is -0.143. The van der Waals surface area contributed by atoms with Crippen molar-refractivity contribution in [2.24, 2.45) is 5.92 Å². The number of hydrogen-bond donors (Lipinski definition) is 2. The molecular weight excluding hydrogens is 292 g/mol. The van der Waals surface area contributed by atoms with Gasteiger partial charge in [0.1, 0.15) is 5.69 Å². The van der Waals surface area contributed by atoms with Gasteiger partial charge in [-0.3, -0.25) is 9.59 Å². The smallest absolute Gasteiger partial charge is 0.308 e. The number of carbonyl (C=O) groups excluding carboxylic acids is 1. The van der Waals surface area contributed by atoms with Crippen LogP contribution in [-0.4, -0.2) is 39.5 Å². The Labute approximate surface area is 135 Å². The summed E-state index contributed by atoms with van der Waals surface area (Å²) in [7, 11) is 0. The number of hydrogen-bond acceptors (Lipinski definition) is 2. The Morgan fingerprint density at radius 2 is 2.00 bits per heavy atom. The normalized spacial score (nSPS) is 21.6. The van der Waals surface area contributed by atoms with Gasteiger partial charge >= 0.3 is 5.97 Å². The Morgan fingerprint density at radius 1 is 1.26 bits per heavy atom. The van der Waals surface area contributed by atoms with Crippen molar-refractivity contribution in [2.75, 3.05) is 6.54 Å². The third kappa shape index (κ3) is 2.71. The summed E-state index contributed by atoms with van der Waals surface area (Å²) in [5.74, 6) is -1.40. The van der Waals surface area contributed by atoms with Gasteiger partial charge in [0.2, 0.25) is 0 Å². The highest BCUT2D eigenvalue weighted by Gasteiger charge is 2.33. The molecule has 1 amide bonds. The number of fused-ring (bicyclic) bond motifs is 1. The maximum atomic E-state index is 12.8. The summed E-state index contributed by atoms with van der Waals surface area (Å²) in [6.07, 6.45) is 1.35. The van der Waals surface area contributed by atoms with Crippen LogP contribution in [0.3, 0.4) is 0 Å². The number of rotatable bonds is 2. The molecule has 2 atom stereocenters. The molecule has 1 aliphatic rings. The highest BCUT2D eigenvalue weighted by atomic mass is 16.4. The lowest BCUT2D eigenvalue weighted by Gasteiger charge is -2.36. The van der Waals surface area contributed by atoms with Crippen LogP contribution < -0.4 is 0 Å². The number of benzene rings is 1. The SMILES string of the molecule is Cc1ccc2[nH]c(C(=O)N3CC(C(=O)O)CCC3C)cc2c1C. The molecule has 3 rings (SSSR count). The zero-order chi connectivity index (χ0) is 16.7. The third-order valence-corrected chi connectivity index (χ3v) is 5.07. The number of nitrogens with one attached hydrogen (secondary N) is 1. The molecule has 1 fully saturated rings. The summed E-state index contributed by atoms with van der Waals surface area (Å²) >= 11 is 0. The van der Waals surface area contributed by atoms with E-state index in [1.807, 2.05) is 39.0 Å². The summed E-state index contributed by atoms with van der Waals surface area (Å²) in [6.45, 7) is 6.36. The molecule has 1 aromatic heterocycles. The van der Waals surface area contributed by atoms with Gasteiger partial charge in [0, 0.05) is 23.5 Å². The van der Waals surface area contributed by atoms with Crippen molar-refractivity contribution >= 4 is 22.8 Å². The monoisotopic (exact) mass is 314 g/mol. The molecule has 0 bridgehead atoms. The van der Waals surface area contributed by atoms with E-state index in [0.29, 0.717) is 12.1 Å². The number of H-pyrrole nitrogens is 1. The molecule has 0 saturated carbocycles. The van der Waals surface area contributed by atoms with Crippen molar-refractivity contribution in [1.82, 2.24) is 9.88 Å². The Hall–Kier alpha value is -2.30. The largest absolute Gasteiger partial charge is 0.481 e. The van der Waals surface area contributed by atoms with Crippen LogP contribution in [0.25, 0.3) is 10.9 Å². The molecule has 2 heterocycles. The van der Waals surface area contributed by atoms with Gasteiger partial charge in [-0.15, -0.1) is 0 Å². The van der Waals surface area contributed by atoms with Crippen molar-refractivity contribution in [2.45, 2.75) is 39.7 Å². The Bertz CT molecular complexity index is 778. The number of piperidine rings is 1. The molecule has 2 N–H and O–H groups in total. The first-order valence-corrected chi connectivity index (χ1v) is 8.01. The van der Waals surface area contributed by atoms with E-state index in [1.165, 1.54) is 5.56 Å². The van der Waals surface area contributed by atoms with Crippen LogP contribution in [-0.2, 0) is 4.79 Å². The van der Waals surface area contributed by atoms with E-state index in [-0.39, 0.29) is 18.5 Å². The number of aromatic amines is 1. The van der Waals surface area contributed by atoms with Crippen LogP contribution in [0.2, 0.25) is 0 Å². The molecule has 122 valence electrons. The molecule has 0 radical (unpaired) electrons. The number of aliphatic carboxylic acids is 1. The van der Waals surface area contributed by atoms with Gasteiger partial charge in [-0.25, -0.2) is 0 Å². The quantitative estimate of drug-likeness (QED) is 0.894. The number of amides is 1. The fraction of sp³-hybridized carbons (Fsp3) is 0.444. The molecule has 5 nitrogen and oxygen atoms in total. The van der Waals surface area contributed by atoms with E-state index >= 15 is 0 Å². The molecule has 1 aromatic carbocycles. The van der Waals surface area contributed by atoms with Crippen molar-refractivity contribution in [3.05, 3.63) is 35.0 Å². The molecule has 0 aliphatic carbocycles. The van der Waals surface area contributed by atoms with Crippen molar-refractivity contribution < 1.29 is 14.7 Å². The first-order chi connectivity index (χ1) is 10.9. The molecule has 5 heteroatoms. The second kappa shape index (κ2) is 5.72. The Morgan fingerprint density at radius 3 is 2.70 bits per heavy atom. The van der Waals surface area contributed by atoms with Crippen LogP contribution in [0.5, 0.6) is 0 Å². The van der Waals surface area contributed by atoms with E-state index in [9.17, 15) is 14.7 Å². The zero-order valence-corrected chi connectivity index (χ0v) is 13.7. The van der Waals surface area contributed by atoms with Gasteiger partial charge in [-0.2, -0.15) is 0 Å². The maximum absolute atomic E-state index is 12.8. The fourth-order valence-electron chi connectivity index (χ4n) is 3.32. The average Bonchev–Trinajstić information content (AvgIpc) is 2.95. The zero-order valence-electron chi connectivity index (χ0n) is 13.7. The molecule has 23 heavy (non-hydrogen) atoms. The molecule has 0 spiro atoms. The minimum Gasteiger partial charge on any atom is -0.481 e. The number of carboxylic acid groups (broad SMARTS) is 1. The van der Waals surface area contributed by atoms with Gasteiger partial charge in [-0.05, 0) is 56.9 Å². The van der Waals surface area contributed by atoms with E-state index in [2.05, 4.69) is 4.98 Å². The van der Waals surface area contributed by atoms with Crippen LogP contribution in [0.1, 0.15) is 41.4 Å². The highest BCUT2D eigenvalue weighted by Crippen LogP contribution is 2.27.